The van der Waals surface area contributed by atoms with E-state index in [1.807, 2.05) is 0 Å². The Hall–Kier alpha value is -2.36. The molecule has 0 saturated carbocycles. The molecule has 0 atom stereocenters. The molecule has 2 aromatic carbocycles. The minimum absolute atomic E-state index is 0.0920. The zero-order valence-electron chi connectivity index (χ0n) is 14.1. The molecular weight excluding hydrogens is 419 g/mol. The highest BCUT2D eigenvalue weighted by molar-refractivity contribution is 7.92. The summed E-state index contributed by atoms with van der Waals surface area (Å²) < 4.78 is 43.6. The van der Waals surface area contributed by atoms with E-state index in [1.54, 1.807) is 0 Å². The van der Waals surface area contributed by atoms with Gasteiger partial charge in [-0.25, -0.2) is 8.42 Å². The van der Waals surface area contributed by atoms with Crippen molar-refractivity contribution in [2.24, 2.45) is 0 Å². The maximum absolute atomic E-state index is 12.8. The van der Waals surface area contributed by atoms with Crippen molar-refractivity contribution in [3.63, 3.8) is 0 Å². The highest BCUT2D eigenvalue weighted by atomic mass is 35.5. The molecule has 0 spiro atoms. The molecule has 2 aromatic rings. The molecule has 11 heteroatoms. The van der Waals surface area contributed by atoms with Crippen LogP contribution in [-0.4, -0.2) is 35.2 Å². The molecule has 0 fully saturated rings. The SMILES string of the molecule is COc1cc(OC)c(NS(=O)(=O)c2cc3c(cc2Cl)NC(=O)CO3)cc1Cl. The predicted molar refractivity (Wildman–Crippen MR) is 101 cm³/mol. The first-order chi connectivity index (χ1) is 12.7. The Labute approximate surface area is 165 Å². The Balaban J connectivity index is 2.01. The van der Waals surface area contributed by atoms with Crippen LogP contribution in [0.5, 0.6) is 17.2 Å². The van der Waals surface area contributed by atoms with Crippen LogP contribution in [0, 0.1) is 0 Å². The topological polar surface area (TPSA) is 103 Å². The van der Waals surface area contributed by atoms with E-state index in [-0.39, 0.29) is 44.6 Å². The number of sulfonamides is 1. The molecule has 27 heavy (non-hydrogen) atoms. The number of amides is 1. The van der Waals surface area contributed by atoms with Gasteiger partial charge in [-0.2, -0.15) is 0 Å². The maximum atomic E-state index is 12.8. The van der Waals surface area contributed by atoms with Crippen molar-refractivity contribution < 1.29 is 27.4 Å². The maximum Gasteiger partial charge on any atom is 0.263 e. The second-order valence-electron chi connectivity index (χ2n) is 5.41. The van der Waals surface area contributed by atoms with Crippen LogP contribution in [-0.2, 0) is 14.8 Å². The third-order valence-electron chi connectivity index (χ3n) is 3.67. The Kier molecular flexibility index (Phi) is 5.27. The number of carbonyl (C=O) groups is 1. The fraction of sp³-hybridized carbons (Fsp3) is 0.188. The van der Waals surface area contributed by atoms with Gasteiger partial charge in [0.25, 0.3) is 15.9 Å². The summed E-state index contributed by atoms with van der Waals surface area (Å²) in [6.45, 7) is -0.219. The largest absolute Gasteiger partial charge is 0.495 e. The van der Waals surface area contributed by atoms with Crippen LogP contribution >= 0.6 is 23.2 Å². The first-order valence-electron chi connectivity index (χ1n) is 7.45. The van der Waals surface area contributed by atoms with Crippen molar-refractivity contribution >= 4 is 50.5 Å². The molecule has 0 radical (unpaired) electrons. The molecule has 1 amide bonds. The molecule has 0 saturated heterocycles. The Morgan fingerprint density at radius 3 is 2.44 bits per heavy atom. The first-order valence-corrected chi connectivity index (χ1v) is 9.69. The van der Waals surface area contributed by atoms with Crippen LogP contribution in [0.2, 0.25) is 10.0 Å². The van der Waals surface area contributed by atoms with Gasteiger partial charge in [-0.05, 0) is 12.1 Å². The number of methoxy groups -OCH3 is 2. The average Bonchev–Trinajstić information content (AvgIpc) is 2.60. The molecule has 3 rings (SSSR count). The van der Waals surface area contributed by atoms with E-state index in [4.69, 9.17) is 37.4 Å². The van der Waals surface area contributed by atoms with Crippen LogP contribution in [0.1, 0.15) is 0 Å². The number of anilines is 2. The molecule has 0 bridgehead atoms. The normalized spacial score (nSPS) is 13.3. The summed E-state index contributed by atoms with van der Waals surface area (Å²) in [6, 6.07) is 5.35. The molecule has 8 nitrogen and oxygen atoms in total. The molecule has 0 aliphatic carbocycles. The zero-order valence-corrected chi connectivity index (χ0v) is 16.5. The monoisotopic (exact) mass is 432 g/mol. The van der Waals surface area contributed by atoms with Crippen molar-refractivity contribution in [3.8, 4) is 17.2 Å². The summed E-state index contributed by atoms with van der Waals surface area (Å²) in [7, 11) is -1.31. The predicted octanol–water partition coefficient (Wildman–Crippen LogP) is 3.14. The minimum atomic E-state index is -4.11. The molecule has 2 N–H and O–H groups in total. The van der Waals surface area contributed by atoms with Gasteiger partial charge >= 0.3 is 0 Å². The smallest absolute Gasteiger partial charge is 0.263 e. The number of hydrogen-bond acceptors (Lipinski definition) is 6. The highest BCUT2D eigenvalue weighted by Crippen LogP contribution is 2.39. The Bertz CT molecular complexity index is 1030. The lowest BCUT2D eigenvalue weighted by molar-refractivity contribution is -0.118. The van der Waals surface area contributed by atoms with Crippen LogP contribution in [0.15, 0.2) is 29.2 Å². The van der Waals surface area contributed by atoms with E-state index >= 15 is 0 Å². The van der Waals surface area contributed by atoms with Gasteiger partial charge < -0.3 is 19.5 Å². The lowest BCUT2D eigenvalue weighted by atomic mass is 10.2. The van der Waals surface area contributed by atoms with Gasteiger partial charge in [0.1, 0.15) is 22.1 Å². The van der Waals surface area contributed by atoms with Gasteiger partial charge in [0.2, 0.25) is 0 Å². The van der Waals surface area contributed by atoms with Crippen LogP contribution in [0.4, 0.5) is 11.4 Å². The van der Waals surface area contributed by atoms with Crippen molar-refractivity contribution in [1.82, 2.24) is 0 Å². The molecule has 0 unspecified atom stereocenters. The molecule has 144 valence electrons. The number of ether oxygens (including phenoxy) is 3. The van der Waals surface area contributed by atoms with Gasteiger partial charge in [0.15, 0.2) is 6.61 Å². The Morgan fingerprint density at radius 1 is 1.07 bits per heavy atom. The molecule has 1 heterocycles. The summed E-state index contributed by atoms with van der Waals surface area (Å²) in [4.78, 5) is 11.1. The fourth-order valence-corrected chi connectivity index (χ4v) is 4.27. The molecule has 1 aliphatic heterocycles. The number of benzene rings is 2. The number of nitrogens with one attached hydrogen (secondary N) is 2. The van der Waals surface area contributed by atoms with Crippen molar-refractivity contribution in [3.05, 3.63) is 34.3 Å². The second-order valence-corrected chi connectivity index (χ2v) is 7.87. The van der Waals surface area contributed by atoms with E-state index in [9.17, 15) is 13.2 Å². The second kappa shape index (κ2) is 7.34. The minimum Gasteiger partial charge on any atom is -0.495 e. The third-order valence-corrected chi connectivity index (χ3v) is 5.80. The van der Waals surface area contributed by atoms with Gasteiger partial charge in [-0.1, -0.05) is 23.2 Å². The van der Waals surface area contributed by atoms with E-state index < -0.39 is 10.0 Å². The van der Waals surface area contributed by atoms with Crippen molar-refractivity contribution in [2.75, 3.05) is 30.9 Å². The van der Waals surface area contributed by atoms with Crippen molar-refractivity contribution in [2.45, 2.75) is 4.90 Å². The van der Waals surface area contributed by atoms with E-state index in [2.05, 4.69) is 10.0 Å². The van der Waals surface area contributed by atoms with Crippen LogP contribution < -0.4 is 24.2 Å². The van der Waals surface area contributed by atoms with Gasteiger partial charge in [0, 0.05) is 12.1 Å². The van der Waals surface area contributed by atoms with E-state index in [0.29, 0.717) is 11.4 Å². The number of fused-ring (bicyclic) bond motifs is 1. The summed E-state index contributed by atoms with van der Waals surface area (Å²) in [5.74, 6) is 0.369. The highest BCUT2D eigenvalue weighted by Gasteiger charge is 2.26. The fourth-order valence-electron chi connectivity index (χ4n) is 2.43. The van der Waals surface area contributed by atoms with Crippen molar-refractivity contribution in [1.29, 1.82) is 0 Å². The summed E-state index contributed by atoms with van der Waals surface area (Å²) in [5, 5.41) is 2.65. The zero-order chi connectivity index (χ0) is 19.8. The van der Waals surface area contributed by atoms with E-state index in [0.717, 1.165) is 0 Å². The summed E-state index contributed by atoms with van der Waals surface area (Å²) >= 11 is 12.2. The summed E-state index contributed by atoms with van der Waals surface area (Å²) in [5.41, 5.74) is 0.395. The van der Waals surface area contributed by atoms with Gasteiger partial charge in [0.05, 0.1) is 35.6 Å². The number of hydrogen-bond donors (Lipinski definition) is 2. The number of carbonyl (C=O) groups excluding carboxylic acids is 1. The third kappa shape index (κ3) is 3.85. The number of rotatable bonds is 5. The molecule has 1 aliphatic rings. The average molecular weight is 433 g/mol. The quantitative estimate of drug-likeness (QED) is 0.751. The number of halogens is 2. The standard InChI is InChI=1S/C16H14Cl2N2O6S/c1-24-12-5-13(25-2)11(3-8(12)17)20-27(22,23)15-6-14-10(4-9(15)18)19-16(21)7-26-14/h3-6,20H,7H2,1-2H3,(H,19,21). The van der Waals surface area contributed by atoms with Gasteiger partial charge in [-0.15, -0.1) is 0 Å². The Morgan fingerprint density at radius 2 is 1.78 bits per heavy atom. The van der Waals surface area contributed by atoms with Crippen LogP contribution in [0.3, 0.4) is 0 Å². The van der Waals surface area contributed by atoms with Gasteiger partial charge in [-0.3, -0.25) is 9.52 Å². The summed E-state index contributed by atoms with van der Waals surface area (Å²) in [6.07, 6.45) is 0. The first kappa shape index (κ1) is 19.4. The molecule has 0 aromatic heterocycles. The van der Waals surface area contributed by atoms with E-state index in [1.165, 1.54) is 38.5 Å². The lowest BCUT2D eigenvalue weighted by Crippen LogP contribution is -2.26. The lowest BCUT2D eigenvalue weighted by Gasteiger charge is -2.20. The molecular formula is C16H14Cl2N2O6S. The van der Waals surface area contributed by atoms with Crippen LogP contribution in [0.25, 0.3) is 0 Å².